The lowest BCUT2D eigenvalue weighted by Crippen LogP contribution is -2.53. The van der Waals surface area contributed by atoms with Gasteiger partial charge in [0.1, 0.15) is 6.10 Å². The fourth-order valence-corrected chi connectivity index (χ4v) is 3.34. The van der Waals surface area contributed by atoms with Crippen molar-refractivity contribution < 1.29 is 14.3 Å². The van der Waals surface area contributed by atoms with Gasteiger partial charge in [0.2, 0.25) is 5.91 Å². The van der Waals surface area contributed by atoms with Gasteiger partial charge in [-0.25, -0.2) is 0 Å². The highest BCUT2D eigenvalue weighted by molar-refractivity contribution is 5.97. The number of rotatable bonds is 3. The molecule has 0 spiro atoms. The molecule has 0 saturated carbocycles. The Labute approximate surface area is 147 Å². The molecule has 2 aromatic carbocycles. The zero-order chi connectivity index (χ0) is 18.0. The fraction of sp³-hybridized carbons (Fsp3) is 0.300. The van der Waals surface area contributed by atoms with Crippen LogP contribution in [0.2, 0.25) is 0 Å². The first kappa shape index (κ1) is 17.2. The van der Waals surface area contributed by atoms with Gasteiger partial charge in [-0.2, -0.15) is 0 Å². The standard InChI is InChI=1S/C20H22N2O3/c1-13-12-25-18(15-6-4-3-5-7-15)14(2)22(13)20(24)17-10-8-16(9-11-17)19(21)23/h3-11,13-14,18H,12H2,1-2H3,(H2,21,23)/t13-,14-,18+/m1/s1. The lowest BCUT2D eigenvalue weighted by Gasteiger charge is -2.44. The lowest BCUT2D eigenvalue weighted by atomic mass is 9.97. The van der Waals surface area contributed by atoms with E-state index >= 15 is 0 Å². The molecule has 0 aliphatic carbocycles. The van der Waals surface area contributed by atoms with E-state index in [1.807, 2.05) is 49.1 Å². The van der Waals surface area contributed by atoms with Crippen LogP contribution in [0.3, 0.4) is 0 Å². The molecule has 1 aliphatic rings. The maximum atomic E-state index is 13.0. The first-order valence-corrected chi connectivity index (χ1v) is 8.38. The number of hydrogen-bond acceptors (Lipinski definition) is 3. The van der Waals surface area contributed by atoms with Gasteiger partial charge in [0.05, 0.1) is 18.7 Å². The first-order chi connectivity index (χ1) is 12.0. The normalized spacial score (nSPS) is 23.3. The monoisotopic (exact) mass is 338 g/mol. The molecule has 0 radical (unpaired) electrons. The highest BCUT2D eigenvalue weighted by Crippen LogP contribution is 2.31. The van der Waals surface area contributed by atoms with Crippen LogP contribution in [0.4, 0.5) is 0 Å². The van der Waals surface area contributed by atoms with Crippen LogP contribution in [-0.2, 0) is 4.74 Å². The number of nitrogens with zero attached hydrogens (tertiary/aromatic N) is 1. The van der Waals surface area contributed by atoms with Gasteiger partial charge in [-0.15, -0.1) is 0 Å². The minimum absolute atomic E-state index is 0.0294. The second kappa shape index (κ2) is 7.07. The van der Waals surface area contributed by atoms with E-state index in [9.17, 15) is 9.59 Å². The van der Waals surface area contributed by atoms with Gasteiger partial charge in [-0.05, 0) is 43.7 Å². The highest BCUT2D eigenvalue weighted by Gasteiger charge is 2.37. The second-order valence-corrected chi connectivity index (χ2v) is 6.41. The Morgan fingerprint density at radius 2 is 1.60 bits per heavy atom. The number of hydrogen-bond donors (Lipinski definition) is 1. The Morgan fingerprint density at radius 1 is 1.00 bits per heavy atom. The topological polar surface area (TPSA) is 72.6 Å². The van der Waals surface area contributed by atoms with E-state index in [1.54, 1.807) is 24.3 Å². The predicted molar refractivity (Wildman–Crippen MR) is 95.2 cm³/mol. The van der Waals surface area contributed by atoms with E-state index < -0.39 is 5.91 Å². The van der Waals surface area contributed by atoms with Gasteiger partial charge in [-0.1, -0.05) is 30.3 Å². The Kier molecular flexibility index (Phi) is 4.86. The molecule has 1 aliphatic heterocycles. The van der Waals surface area contributed by atoms with Gasteiger partial charge >= 0.3 is 0 Å². The minimum atomic E-state index is -0.503. The minimum Gasteiger partial charge on any atom is -0.369 e. The number of benzene rings is 2. The third-order valence-corrected chi connectivity index (χ3v) is 4.65. The van der Waals surface area contributed by atoms with Crippen LogP contribution in [0.25, 0.3) is 0 Å². The Hall–Kier alpha value is -2.66. The number of carbonyl (C=O) groups excluding carboxylic acids is 2. The van der Waals surface area contributed by atoms with Gasteiger partial charge in [0.25, 0.3) is 5.91 Å². The Morgan fingerprint density at radius 3 is 2.20 bits per heavy atom. The molecule has 3 atom stereocenters. The van der Waals surface area contributed by atoms with Gasteiger partial charge in [0.15, 0.2) is 0 Å². The van der Waals surface area contributed by atoms with Crippen molar-refractivity contribution >= 4 is 11.8 Å². The number of carbonyl (C=O) groups is 2. The zero-order valence-corrected chi connectivity index (χ0v) is 14.4. The maximum absolute atomic E-state index is 13.0. The van der Waals surface area contributed by atoms with E-state index in [1.165, 1.54) is 0 Å². The van der Waals surface area contributed by atoms with Crippen LogP contribution in [-0.4, -0.2) is 35.4 Å². The molecule has 3 rings (SSSR count). The summed E-state index contributed by atoms with van der Waals surface area (Å²) < 4.78 is 6.00. The third kappa shape index (κ3) is 3.42. The van der Waals surface area contributed by atoms with Crippen LogP contribution >= 0.6 is 0 Å². The fourth-order valence-electron chi connectivity index (χ4n) is 3.34. The molecule has 1 heterocycles. The Balaban J connectivity index is 1.85. The van der Waals surface area contributed by atoms with Gasteiger partial charge < -0.3 is 15.4 Å². The van der Waals surface area contributed by atoms with Gasteiger partial charge in [0, 0.05) is 11.1 Å². The van der Waals surface area contributed by atoms with Gasteiger partial charge in [-0.3, -0.25) is 9.59 Å². The summed E-state index contributed by atoms with van der Waals surface area (Å²) >= 11 is 0. The predicted octanol–water partition coefficient (Wildman–Crippen LogP) is 2.78. The number of primary amides is 1. The third-order valence-electron chi connectivity index (χ3n) is 4.65. The largest absolute Gasteiger partial charge is 0.369 e. The van der Waals surface area contributed by atoms with Crippen LogP contribution < -0.4 is 5.73 Å². The molecule has 130 valence electrons. The van der Waals surface area contributed by atoms with E-state index in [4.69, 9.17) is 10.5 Å². The SMILES string of the molecule is C[C@@H]1CO[C@H](c2ccccc2)[C@@H](C)N1C(=O)c1ccc(C(N)=O)cc1. The van der Waals surface area contributed by atoms with Crippen molar-refractivity contribution in [3.05, 3.63) is 71.3 Å². The average Bonchev–Trinajstić information content (AvgIpc) is 2.62. The van der Waals surface area contributed by atoms with E-state index in [2.05, 4.69) is 0 Å². The summed E-state index contributed by atoms with van der Waals surface area (Å²) in [6.07, 6.45) is -0.161. The average molecular weight is 338 g/mol. The first-order valence-electron chi connectivity index (χ1n) is 8.38. The summed E-state index contributed by atoms with van der Waals surface area (Å²) in [7, 11) is 0. The van der Waals surface area contributed by atoms with Crippen molar-refractivity contribution in [3.63, 3.8) is 0 Å². The molecule has 1 fully saturated rings. The molecule has 2 N–H and O–H groups in total. The number of amides is 2. The summed E-state index contributed by atoms with van der Waals surface area (Å²) in [6, 6.07) is 16.3. The molecule has 0 unspecified atom stereocenters. The van der Waals surface area contributed by atoms with Crippen molar-refractivity contribution in [1.82, 2.24) is 4.90 Å². The highest BCUT2D eigenvalue weighted by atomic mass is 16.5. The molecule has 0 aromatic heterocycles. The molecule has 2 amide bonds. The van der Waals surface area contributed by atoms with Crippen LogP contribution in [0.1, 0.15) is 46.2 Å². The molecular weight excluding hydrogens is 316 g/mol. The van der Waals surface area contributed by atoms with Crippen molar-refractivity contribution in [2.24, 2.45) is 5.73 Å². The summed E-state index contributed by atoms with van der Waals surface area (Å²) in [5.74, 6) is -0.573. The lowest BCUT2D eigenvalue weighted by molar-refractivity contribution is -0.0806. The Bertz CT molecular complexity index is 758. The summed E-state index contributed by atoms with van der Waals surface area (Å²) in [6.45, 7) is 4.46. The number of ether oxygens (including phenoxy) is 1. The summed E-state index contributed by atoms with van der Waals surface area (Å²) in [4.78, 5) is 26.1. The van der Waals surface area contributed by atoms with E-state index in [0.717, 1.165) is 5.56 Å². The van der Waals surface area contributed by atoms with Crippen LogP contribution in [0, 0.1) is 0 Å². The van der Waals surface area contributed by atoms with E-state index in [0.29, 0.717) is 17.7 Å². The van der Waals surface area contributed by atoms with Crippen LogP contribution in [0.5, 0.6) is 0 Å². The van der Waals surface area contributed by atoms with Crippen LogP contribution in [0.15, 0.2) is 54.6 Å². The maximum Gasteiger partial charge on any atom is 0.254 e. The molecule has 0 bridgehead atoms. The number of nitrogens with two attached hydrogens (primary N) is 1. The van der Waals surface area contributed by atoms with Crippen molar-refractivity contribution in [3.8, 4) is 0 Å². The van der Waals surface area contributed by atoms with Crippen molar-refractivity contribution in [1.29, 1.82) is 0 Å². The van der Waals surface area contributed by atoms with E-state index in [-0.39, 0.29) is 24.1 Å². The molecule has 1 saturated heterocycles. The molecule has 5 heteroatoms. The summed E-state index contributed by atoms with van der Waals surface area (Å²) in [5.41, 5.74) is 7.25. The second-order valence-electron chi connectivity index (χ2n) is 6.41. The molecule has 25 heavy (non-hydrogen) atoms. The molecular formula is C20H22N2O3. The quantitative estimate of drug-likeness (QED) is 0.935. The smallest absolute Gasteiger partial charge is 0.254 e. The van der Waals surface area contributed by atoms with Crippen molar-refractivity contribution in [2.75, 3.05) is 6.61 Å². The number of morpholine rings is 1. The zero-order valence-electron chi connectivity index (χ0n) is 14.4. The molecule has 2 aromatic rings. The molecule has 5 nitrogen and oxygen atoms in total. The summed E-state index contributed by atoms with van der Waals surface area (Å²) in [5, 5.41) is 0. The van der Waals surface area contributed by atoms with Crippen molar-refractivity contribution in [2.45, 2.75) is 32.0 Å².